The first kappa shape index (κ1) is 15.5. The van der Waals surface area contributed by atoms with E-state index in [9.17, 15) is 9.59 Å². The van der Waals surface area contributed by atoms with Crippen LogP contribution in [-0.2, 0) is 9.59 Å². The van der Waals surface area contributed by atoms with E-state index in [1.165, 1.54) is 0 Å². The highest BCUT2D eigenvalue weighted by atomic mass is 16.4. The van der Waals surface area contributed by atoms with Crippen LogP contribution in [0.15, 0.2) is 0 Å². The zero-order valence-electron chi connectivity index (χ0n) is 10.8. The molecule has 0 atom stereocenters. The maximum absolute atomic E-state index is 12.2. The number of carbonyl (C=O) groups is 2. The Morgan fingerprint density at radius 3 is 2.12 bits per heavy atom. The van der Waals surface area contributed by atoms with Crippen molar-refractivity contribution in [1.82, 2.24) is 4.90 Å². The molecule has 0 aliphatic carbocycles. The molecular formula is C12H20N2O3. The standard InChI is InChI=1S/C12H20N2O3/c1-6-7-14(8-9(15)16)10(17)11(2,3)12(4,5)13/h1H,7-8,13H2,2-5H3,(H,15,16). The second-order valence-electron chi connectivity index (χ2n) is 5.11. The van der Waals surface area contributed by atoms with Crippen molar-refractivity contribution in [1.29, 1.82) is 0 Å². The van der Waals surface area contributed by atoms with Gasteiger partial charge in [-0.25, -0.2) is 0 Å². The number of hydrogen-bond donors (Lipinski definition) is 2. The van der Waals surface area contributed by atoms with Gasteiger partial charge in [-0.2, -0.15) is 0 Å². The van der Waals surface area contributed by atoms with Gasteiger partial charge in [0, 0.05) is 5.54 Å². The lowest BCUT2D eigenvalue weighted by Gasteiger charge is -2.39. The summed E-state index contributed by atoms with van der Waals surface area (Å²) in [5.41, 5.74) is 4.27. The largest absolute Gasteiger partial charge is 0.480 e. The number of carboxylic acid groups (broad SMARTS) is 1. The molecule has 0 rings (SSSR count). The minimum atomic E-state index is -1.10. The van der Waals surface area contributed by atoms with E-state index in [0.717, 1.165) is 4.90 Å². The Balaban J connectivity index is 5.09. The van der Waals surface area contributed by atoms with Gasteiger partial charge in [0.1, 0.15) is 6.54 Å². The summed E-state index contributed by atoms with van der Waals surface area (Å²) in [4.78, 5) is 24.0. The highest BCUT2D eigenvalue weighted by Gasteiger charge is 2.42. The summed E-state index contributed by atoms with van der Waals surface area (Å²) >= 11 is 0. The van der Waals surface area contributed by atoms with Crippen LogP contribution in [-0.4, -0.2) is 40.5 Å². The summed E-state index contributed by atoms with van der Waals surface area (Å²) in [6.07, 6.45) is 5.13. The van der Waals surface area contributed by atoms with E-state index >= 15 is 0 Å². The molecule has 0 radical (unpaired) electrons. The third-order valence-electron chi connectivity index (χ3n) is 3.04. The Morgan fingerprint density at radius 1 is 1.35 bits per heavy atom. The third kappa shape index (κ3) is 3.75. The van der Waals surface area contributed by atoms with Crippen LogP contribution in [0.4, 0.5) is 0 Å². The second-order valence-corrected chi connectivity index (χ2v) is 5.11. The van der Waals surface area contributed by atoms with Crippen LogP contribution < -0.4 is 5.73 Å². The third-order valence-corrected chi connectivity index (χ3v) is 3.04. The summed E-state index contributed by atoms with van der Waals surface area (Å²) < 4.78 is 0. The summed E-state index contributed by atoms with van der Waals surface area (Å²) in [5.74, 6) is 0.824. The van der Waals surface area contributed by atoms with Crippen LogP contribution in [0.2, 0.25) is 0 Å². The van der Waals surface area contributed by atoms with Crippen molar-refractivity contribution in [3.63, 3.8) is 0 Å². The predicted molar refractivity (Wildman–Crippen MR) is 65.1 cm³/mol. The average Bonchev–Trinajstić information content (AvgIpc) is 2.13. The van der Waals surface area contributed by atoms with Gasteiger partial charge in [0.25, 0.3) is 0 Å². The van der Waals surface area contributed by atoms with Crippen LogP contribution >= 0.6 is 0 Å². The SMILES string of the molecule is C#CCN(CC(=O)O)C(=O)C(C)(C)C(C)(C)N. The van der Waals surface area contributed by atoms with Crippen molar-refractivity contribution in [2.75, 3.05) is 13.1 Å². The molecule has 0 saturated heterocycles. The monoisotopic (exact) mass is 240 g/mol. The van der Waals surface area contributed by atoms with Crippen LogP contribution in [0.25, 0.3) is 0 Å². The minimum Gasteiger partial charge on any atom is -0.480 e. The van der Waals surface area contributed by atoms with Crippen molar-refractivity contribution in [2.24, 2.45) is 11.1 Å². The molecule has 5 heteroatoms. The maximum atomic E-state index is 12.2. The molecule has 0 aromatic rings. The quantitative estimate of drug-likeness (QED) is 0.677. The molecular weight excluding hydrogens is 220 g/mol. The minimum absolute atomic E-state index is 0.0371. The Bertz CT molecular complexity index is 348. The van der Waals surface area contributed by atoms with E-state index < -0.39 is 23.5 Å². The van der Waals surface area contributed by atoms with E-state index in [2.05, 4.69) is 5.92 Å². The molecule has 5 nitrogen and oxygen atoms in total. The molecule has 0 spiro atoms. The number of nitrogens with two attached hydrogens (primary N) is 1. The van der Waals surface area contributed by atoms with Gasteiger partial charge in [-0.3, -0.25) is 9.59 Å². The first-order valence-corrected chi connectivity index (χ1v) is 5.27. The molecule has 0 unspecified atom stereocenters. The summed E-state index contributed by atoms with van der Waals surface area (Å²) in [6, 6.07) is 0. The van der Waals surface area contributed by atoms with E-state index in [0.29, 0.717) is 0 Å². The van der Waals surface area contributed by atoms with Crippen molar-refractivity contribution in [3.05, 3.63) is 0 Å². The lowest BCUT2D eigenvalue weighted by atomic mass is 9.74. The Kier molecular flexibility index (Phi) is 4.72. The fraction of sp³-hybridized carbons (Fsp3) is 0.667. The molecule has 0 heterocycles. The number of rotatable bonds is 5. The number of carbonyl (C=O) groups excluding carboxylic acids is 1. The molecule has 0 aliphatic rings. The van der Waals surface area contributed by atoms with Crippen LogP contribution in [0.3, 0.4) is 0 Å². The summed E-state index contributed by atoms with van der Waals surface area (Å²) in [5, 5.41) is 8.73. The molecule has 0 saturated carbocycles. The number of hydrogen-bond acceptors (Lipinski definition) is 3. The molecule has 1 amide bonds. The maximum Gasteiger partial charge on any atom is 0.323 e. The fourth-order valence-corrected chi connectivity index (χ4v) is 1.14. The number of carboxylic acids is 1. The topological polar surface area (TPSA) is 83.6 Å². The molecule has 0 aliphatic heterocycles. The number of nitrogens with zero attached hydrogens (tertiary/aromatic N) is 1. The number of aliphatic carboxylic acids is 1. The van der Waals surface area contributed by atoms with Gasteiger partial charge in [0.15, 0.2) is 0 Å². The zero-order valence-corrected chi connectivity index (χ0v) is 10.8. The van der Waals surface area contributed by atoms with Gasteiger partial charge in [-0.05, 0) is 27.7 Å². The molecule has 96 valence electrons. The van der Waals surface area contributed by atoms with E-state index in [1.807, 2.05) is 0 Å². The first-order valence-electron chi connectivity index (χ1n) is 5.27. The number of terminal acetylenes is 1. The van der Waals surface area contributed by atoms with Crippen molar-refractivity contribution in [2.45, 2.75) is 33.2 Å². The average molecular weight is 240 g/mol. The van der Waals surface area contributed by atoms with E-state index in [-0.39, 0.29) is 12.5 Å². The van der Waals surface area contributed by atoms with Gasteiger partial charge in [-0.1, -0.05) is 5.92 Å². The van der Waals surface area contributed by atoms with E-state index in [1.54, 1.807) is 27.7 Å². The Labute approximate surface area is 102 Å². The Morgan fingerprint density at radius 2 is 1.82 bits per heavy atom. The van der Waals surface area contributed by atoms with Crippen LogP contribution in [0.1, 0.15) is 27.7 Å². The van der Waals surface area contributed by atoms with Crippen LogP contribution in [0.5, 0.6) is 0 Å². The first-order chi connectivity index (χ1) is 7.54. The predicted octanol–water partition coefficient (Wildman–Crippen LogP) is 0.296. The van der Waals surface area contributed by atoms with Crippen molar-refractivity contribution in [3.8, 4) is 12.3 Å². The molecule has 0 aromatic heterocycles. The highest BCUT2D eigenvalue weighted by molar-refractivity contribution is 5.86. The Hall–Kier alpha value is -1.54. The molecule has 0 fully saturated rings. The fourth-order valence-electron chi connectivity index (χ4n) is 1.14. The lowest BCUT2D eigenvalue weighted by molar-refractivity contribution is -0.150. The summed E-state index contributed by atoms with van der Waals surface area (Å²) in [6.45, 7) is 6.36. The molecule has 3 N–H and O–H groups in total. The van der Waals surface area contributed by atoms with Gasteiger partial charge in [-0.15, -0.1) is 6.42 Å². The molecule has 0 aromatic carbocycles. The normalized spacial score (nSPS) is 11.8. The zero-order chi connectivity index (χ0) is 13.9. The van der Waals surface area contributed by atoms with Gasteiger partial charge in [0.05, 0.1) is 12.0 Å². The van der Waals surface area contributed by atoms with Crippen molar-refractivity contribution < 1.29 is 14.7 Å². The van der Waals surface area contributed by atoms with Crippen LogP contribution in [0, 0.1) is 17.8 Å². The molecule has 0 bridgehead atoms. The van der Waals surface area contributed by atoms with Gasteiger partial charge >= 0.3 is 5.97 Å². The highest BCUT2D eigenvalue weighted by Crippen LogP contribution is 2.30. The summed E-state index contributed by atoms with van der Waals surface area (Å²) in [7, 11) is 0. The lowest BCUT2D eigenvalue weighted by Crippen LogP contribution is -2.57. The van der Waals surface area contributed by atoms with E-state index in [4.69, 9.17) is 17.3 Å². The van der Waals surface area contributed by atoms with Gasteiger partial charge < -0.3 is 15.7 Å². The smallest absolute Gasteiger partial charge is 0.323 e. The molecule has 17 heavy (non-hydrogen) atoms. The van der Waals surface area contributed by atoms with Crippen molar-refractivity contribution >= 4 is 11.9 Å². The van der Waals surface area contributed by atoms with Gasteiger partial charge in [0.2, 0.25) is 5.91 Å². The second kappa shape index (κ2) is 5.19. The number of amides is 1.